The highest BCUT2D eigenvalue weighted by molar-refractivity contribution is 6.29. The van der Waals surface area contributed by atoms with Crippen LogP contribution in [0.4, 0.5) is 0 Å². The Hall–Kier alpha value is -1.20. The Kier molecular flexibility index (Phi) is 4.14. The van der Waals surface area contributed by atoms with Gasteiger partial charge in [-0.25, -0.2) is 4.98 Å². The molecule has 2 atom stereocenters. The maximum Gasteiger partial charge on any atom is 0.274 e. The Morgan fingerprint density at radius 3 is 2.83 bits per heavy atom. The molecule has 2 rings (SSSR count). The van der Waals surface area contributed by atoms with Crippen molar-refractivity contribution in [1.29, 1.82) is 0 Å². The van der Waals surface area contributed by atoms with Gasteiger partial charge in [0.05, 0.1) is 24.5 Å². The van der Waals surface area contributed by atoms with E-state index in [9.17, 15) is 9.90 Å². The van der Waals surface area contributed by atoms with Gasteiger partial charge in [-0.1, -0.05) is 24.4 Å². The minimum atomic E-state index is -0.458. The predicted octanol–water partition coefficient (Wildman–Crippen LogP) is 1.51. The van der Waals surface area contributed by atoms with Gasteiger partial charge in [0.25, 0.3) is 5.91 Å². The smallest absolute Gasteiger partial charge is 0.274 e. The van der Waals surface area contributed by atoms with Gasteiger partial charge in [0.15, 0.2) is 0 Å². The van der Waals surface area contributed by atoms with Gasteiger partial charge in [0.2, 0.25) is 0 Å². The number of aliphatic hydroxyl groups excluding tert-OH is 1. The van der Waals surface area contributed by atoms with E-state index < -0.39 is 6.10 Å². The minimum absolute atomic E-state index is 0.146. The van der Waals surface area contributed by atoms with Crippen molar-refractivity contribution in [2.24, 2.45) is 0 Å². The summed E-state index contributed by atoms with van der Waals surface area (Å²) in [5, 5.41) is 10.1. The number of hydrogen-bond donors (Lipinski definition) is 1. The molecule has 0 spiro atoms. The topological polar surface area (TPSA) is 66.3 Å². The van der Waals surface area contributed by atoms with Crippen LogP contribution < -0.4 is 0 Å². The lowest BCUT2D eigenvalue weighted by atomic mass is 9.91. The summed E-state index contributed by atoms with van der Waals surface area (Å²) in [5.41, 5.74) is 0.211. The molecule has 0 saturated heterocycles. The molecule has 1 fully saturated rings. The first kappa shape index (κ1) is 13.2. The molecule has 0 bridgehead atoms. The number of nitrogens with zero attached hydrogens (tertiary/aromatic N) is 3. The highest BCUT2D eigenvalue weighted by Gasteiger charge is 2.30. The number of aromatic nitrogens is 2. The molecule has 0 aliphatic heterocycles. The Labute approximate surface area is 111 Å². The molecule has 1 heterocycles. The van der Waals surface area contributed by atoms with Crippen LogP contribution in [0.1, 0.15) is 36.2 Å². The van der Waals surface area contributed by atoms with Gasteiger partial charge in [0.1, 0.15) is 10.8 Å². The van der Waals surface area contributed by atoms with Gasteiger partial charge in [-0.2, -0.15) is 0 Å². The first-order valence-electron chi connectivity index (χ1n) is 6.02. The van der Waals surface area contributed by atoms with E-state index in [1.807, 2.05) is 0 Å². The third kappa shape index (κ3) is 2.79. The highest BCUT2D eigenvalue weighted by Crippen LogP contribution is 2.23. The molecule has 1 aliphatic carbocycles. The van der Waals surface area contributed by atoms with Crippen molar-refractivity contribution < 1.29 is 9.90 Å². The van der Waals surface area contributed by atoms with Crippen LogP contribution in [-0.4, -0.2) is 45.1 Å². The van der Waals surface area contributed by atoms with Crippen LogP contribution >= 0.6 is 11.6 Å². The number of aliphatic hydroxyl groups is 1. The van der Waals surface area contributed by atoms with Gasteiger partial charge in [-0.3, -0.25) is 9.78 Å². The minimum Gasteiger partial charge on any atom is -0.391 e. The maximum atomic E-state index is 12.2. The van der Waals surface area contributed by atoms with E-state index in [-0.39, 0.29) is 22.8 Å². The zero-order chi connectivity index (χ0) is 13.1. The Morgan fingerprint density at radius 2 is 2.17 bits per heavy atom. The van der Waals surface area contributed by atoms with E-state index in [0.717, 1.165) is 25.7 Å². The standard InChI is InChI=1S/C12H16ClN3O2/c1-16(9-4-2-3-5-10(9)17)12(18)8-6-14-7-11(13)15-8/h6-7,9-10,17H,2-5H2,1H3. The number of hydrogen-bond acceptors (Lipinski definition) is 4. The van der Waals surface area contributed by atoms with Crippen molar-refractivity contribution in [3.05, 3.63) is 23.2 Å². The first-order chi connectivity index (χ1) is 8.59. The molecular formula is C12H16ClN3O2. The zero-order valence-electron chi connectivity index (χ0n) is 10.2. The molecule has 5 nitrogen and oxygen atoms in total. The zero-order valence-corrected chi connectivity index (χ0v) is 11.0. The predicted molar refractivity (Wildman–Crippen MR) is 67.4 cm³/mol. The van der Waals surface area contributed by atoms with Crippen LogP contribution in [-0.2, 0) is 0 Å². The second-order valence-electron chi connectivity index (χ2n) is 4.56. The highest BCUT2D eigenvalue weighted by atomic mass is 35.5. The van der Waals surface area contributed by atoms with Crippen LogP contribution in [0, 0.1) is 0 Å². The van der Waals surface area contributed by atoms with Gasteiger partial charge in [0, 0.05) is 7.05 Å². The van der Waals surface area contributed by atoms with Crippen molar-refractivity contribution >= 4 is 17.5 Å². The summed E-state index contributed by atoms with van der Waals surface area (Å²) >= 11 is 5.71. The maximum absolute atomic E-state index is 12.2. The number of likely N-dealkylation sites (N-methyl/N-ethyl adjacent to an activating group) is 1. The summed E-state index contributed by atoms with van der Waals surface area (Å²) in [6, 6.07) is -0.146. The number of halogens is 1. The summed E-state index contributed by atoms with van der Waals surface area (Å²) in [6.07, 6.45) is 5.91. The van der Waals surface area contributed by atoms with Crippen LogP contribution in [0.25, 0.3) is 0 Å². The van der Waals surface area contributed by atoms with Crippen LogP contribution in [0.15, 0.2) is 12.4 Å². The number of rotatable bonds is 2. The fourth-order valence-electron chi connectivity index (χ4n) is 2.32. The summed E-state index contributed by atoms with van der Waals surface area (Å²) in [5.74, 6) is -0.254. The largest absolute Gasteiger partial charge is 0.391 e. The van der Waals surface area contributed by atoms with Gasteiger partial charge in [-0.15, -0.1) is 0 Å². The first-order valence-corrected chi connectivity index (χ1v) is 6.40. The van der Waals surface area contributed by atoms with E-state index >= 15 is 0 Å². The molecule has 1 aromatic heterocycles. The Bertz CT molecular complexity index is 441. The van der Waals surface area contributed by atoms with Crippen LogP contribution in [0.2, 0.25) is 5.15 Å². The number of carbonyl (C=O) groups is 1. The van der Waals surface area contributed by atoms with Crippen molar-refractivity contribution in [3.8, 4) is 0 Å². The van der Waals surface area contributed by atoms with E-state index in [2.05, 4.69) is 9.97 Å². The summed E-state index contributed by atoms with van der Waals surface area (Å²) in [7, 11) is 1.68. The third-order valence-corrected chi connectivity index (χ3v) is 3.52. The van der Waals surface area contributed by atoms with Crippen LogP contribution in [0.3, 0.4) is 0 Å². The molecule has 1 amide bonds. The molecule has 98 valence electrons. The molecule has 1 saturated carbocycles. The summed E-state index contributed by atoms with van der Waals surface area (Å²) in [6.45, 7) is 0. The monoisotopic (exact) mass is 269 g/mol. The normalized spacial score (nSPS) is 23.7. The molecule has 1 aliphatic rings. The van der Waals surface area contributed by atoms with Crippen molar-refractivity contribution in [1.82, 2.24) is 14.9 Å². The fraction of sp³-hybridized carbons (Fsp3) is 0.583. The van der Waals surface area contributed by atoms with Gasteiger partial charge in [-0.05, 0) is 12.8 Å². The van der Waals surface area contributed by atoms with Crippen molar-refractivity contribution in [2.45, 2.75) is 37.8 Å². The second kappa shape index (κ2) is 5.63. The molecule has 2 unspecified atom stereocenters. The molecule has 18 heavy (non-hydrogen) atoms. The Balaban J connectivity index is 2.13. The van der Waals surface area contributed by atoms with Crippen molar-refractivity contribution in [2.75, 3.05) is 7.05 Å². The van der Waals surface area contributed by atoms with E-state index in [4.69, 9.17) is 11.6 Å². The quantitative estimate of drug-likeness (QED) is 0.884. The molecule has 6 heteroatoms. The van der Waals surface area contributed by atoms with E-state index in [0.29, 0.717) is 0 Å². The molecule has 0 aromatic carbocycles. The lowest BCUT2D eigenvalue weighted by Crippen LogP contribution is -2.46. The Morgan fingerprint density at radius 1 is 1.44 bits per heavy atom. The SMILES string of the molecule is CN(C(=O)c1cncc(Cl)n1)C1CCCCC1O. The molecule has 0 radical (unpaired) electrons. The molecular weight excluding hydrogens is 254 g/mol. The van der Waals surface area contributed by atoms with E-state index in [1.54, 1.807) is 11.9 Å². The molecule has 1 N–H and O–H groups in total. The van der Waals surface area contributed by atoms with Crippen LogP contribution in [0.5, 0.6) is 0 Å². The molecule has 1 aromatic rings. The lowest BCUT2D eigenvalue weighted by Gasteiger charge is -2.34. The lowest BCUT2D eigenvalue weighted by molar-refractivity contribution is 0.0264. The number of carbonyl (C=O) groups excluding carboxylic acids is 1. The van der Waals surface area contributed by atoms with Crippen molar-refractivity contribution in [3.63, 3.8) is 0 Å². The average Bonchev–Trinajstić information content (AvgIpc) is 2.37. The number of amides is 1. The second-order valence-corrected chi connectivity index (χ2v) is 4.95. The third-order valence-electron chi connectivity index (χ3n) is 3.34. The van der Waals surface area contributed by atoms with Gasteiger partial charge < -0.3 is 10.0 Å². The van der Waals surface area contributed by atoms with E-state index in [1.165, 1.54) is 12.4 Å². The van der Waals surface area contributed by atoms with Gasteiger partial charge >= 0.3 is 0 Å². The summed E-state index contributed by atoms with van der Waals surface area (Å²) < 4.78 is 0. The fourth-order valence-corrected chi connectivity index (χ4v) is 2.47. The summed E-state index contributed by atoms with van der Waals surface area (Å²) in [4.78, 5) is 21.5. The average molecular weight is 270 g/mol.